The van der Waals surface area contributed by atoms with E-state index in [0.717, 1.165) is 35.1 Å². The third kappa shape index (κ3) is 2.99. The fourth-order valence-electron chi connectivity index (χ4n) is 2.25. The summed E-state index contributed by atoms with van der Waals surface area (Å²) in [7, 11) is 0. The van der Waals surface area contributed by atoms with E-state index in [2.05, 4.69) is 22.2 Å². The van der Waals surface area contributed by atoms with Gasteiger partial charge in [0.2, 0.25) is 5.88 Å². The van der Waals surface area contributed by atoms with Crippen LogP contribution in [0, 0.1) is 13.8 Å². The van der Waals surface area contributed by atoms with Gasteiger partial charge in [-0.05, 0) is 45.2 Å². The Morgan fingerprint density at radius 1 is 1.19 bits per heavy atom. The zero-order chi connectivity index (χ0) is 14.8. The van der Waals surface area contributed by atoms with Crippen molar-refractivity contribution in [2.75, 3.05) is 11.9 Å². The number of para-hydroxylation sites is 1. The van der Waals surface area contributed by atoms with Crippen molar-refractivity contribution in [3.63, 3.8) is 0 Å². The van der Waals surface area contributed by atoms with Crippen molar-refractivity contribution in [3.05, 3.63) is 41.2 Å². The molecule has 0 bridgehead atoms. The first kappa shape index (κ1) is 13.9. The lowest BCUT2D eigenvalue weighted by molar-refractivity contribution is 0.451. The fourth-order valence-corrected chi connectivity index (χ4v) is 2.25. The van der Waals surface area contributed by atoms with Crippen LogP contribution in [0.5, 0.6) is 11.6 Å². The summed E-state index contributed by atoms with van der Waals surface area (Å²) in [6.07, 6.45) is 2.36. The van der Waals surface area contributed by atoms with Crippen molar-refractivity contribution < 1.29 is 4.74 Å². The van der Waals surface area contributed by atoms with Crippen molar-refractivity contribution in [2.24, 2.45) is 0 Å². The minimum absolute atomic E-state index is 0.502. The quantitative estimate of drug-likeness (QED) is 0.893. The summed E-state index contributed by atoms with van der Waals surface area (Å²) in [5.41, 5.74) is 2.07. The van der Waals surface area contributed by atoms with Crippen LogP contribution in [0.1, 0.15) is 42.6 Å². The summed E-state index contributed by atoms with van der Waals surface area (Å²) in [4.78, 5) is 9.29. The minimum atomic E-state index is 0.502. The van der Waals surface area contributed by atoms with Crippen molar-refractivity contribution >= 4 is 5.82 Å². The van der Waals surface area contributed by atoms with E-state index >= 15 is 0 Å². The van der Waals surface area contributed by atoms with Crippen LogP contribution < -0.4 is 10.1 Å². The van der Waals surface area contributed by atoms with Gasteiger partial charge in [0.05, 0.1) is 5.56 Å². The van der Waals surface area contributed by atoms with Gasteiger partial charge in [-0.25, -0.2) is 4.98 Å². The van der Waals surface area contributed by atoms with E-state index in [9.17, 15) is 0 Å². The Morgan fingerprint density at radius 3 is 2.62 bits per heavy atom. The first-order valence-electron chi connectivity index (χ1n) is 7.55. The normalized spacial score (nSPS) is 14.0. The zero-order valence-electron chi connectivity index (χ0n) is 12.8. The highest BCUT2D eigenvalue weighted by atomic mass is 16.5. The van der Waals surface area contributed by atoms with E-state index < -0.39 is 0 Å². The number of anilines is 1. The van der Waals surface area contributed by atoms with Gasteiger partial charge in [0.15, 0.2) is 0 Å². The molecule has 4 heteroatoms. The minimum Gasteiger partial charge on any atom is -0.438 e. The molecular weight excluding hydrogens is 262 g/mol. The standard InChI is InChI=1S/C17H21N3O/c1-4-18-15-12(3)17(20-16(19-15)13-9-10-13)21-14-8-6-5-7-11(14)2/h5-8,13H,4,9-10H2,1-3H3,(H,18,19,20). The second-order valence-electron chi connectivity index (χ2n) is 5.53. The molecule has 1 aliphatic rings. The highest BCUT2D eigenvalue weighted by Gasteiger charge is 2.28. The van der Waals surface area contributed by atoms with Crippen LogP contribution in [0.3, 0.4) is 0 Å². The van der Waals surface area contributed by atoms with Crippen LogP contribution in [-0.2, 0) is 0 Å². The number of nitrogens with one attached hydrogen (secondary N) is 1. The molecule has 1 heterocycles. The molecule has 1 saturated carbocycles. The molecular formula is C17H21N3O. The molecule has 0 amide bonds. The number of benzene rings is 1. The Kier molecular flexibility index (Phi) is 3.78. The molecule has 0 radical (unpaired) electrons. The third-order valence-corrected chi connectivity index (χ3v) is 3.71. The summed E-state index contributed by atoms with van der Waals surface area (Å²) < 4.78 is 6.05. The highest BCUT2D eigenvalue weighted by molar-refractivity contribution is 5.50. The molecule has 0 atom stereocenters. The predicted molar refractivity (Wildman–Crippen MR) is 84.2 cm³/mol. The maximum atomic E-state index is 6.05. The van der Waals surface area contributed by atoms with Crippen molar-refractivity contribution in [2.45, 2.75) is 39.5 Å². The first-order chi connectivity index (χ1) is 10.2. The van der Waals surface area contributed by atoms with Gasteiger partial charge in [0.1, 0.15) is 17.4 Å². The second kappa shape index (κ2) is 5.72. The zero-order valence-corrected chi connectivity index (χ0v) is 12.8. The van der Waals surface area contributed by atoms with Gasteiger partial charge in [-0.15, -0.1) is 0 Å². The van der Waals surface area contributed by atoms with Crippen LogP contribution in [-0.4, -0.2) is 16.5 Å². The van der Waals surface area contributed by atoms with E-state index in [1.165, 1.54) is 12.8 Å². The van der Waals surface area contributed by atoms with Crippen molar-refractivity contribution in [1.82, 2.24) is 9.97 Å². The Balaban J connectivity index is 1.98. The number of nitrogens with zero attached hydrogens (tertiary/aromatic N) is 2. The average Bonchev–Trinajstić information content (AvgIpc) is 3.30. The summed E-state index contributed by atoms with van der Waals surface area (Å²) in [6.45, 7) is 6.95. The number of aromatic nitrogens is 2. The summed E-state index contributed by atoms with van der Waals surface area (Å²) in [6, 6.07) is 8.00. The number of aryl methyl sites for hydroxylation is 1. The fraction of sp³-hybridized carbons (Fsp3) is 0.412. The predicted octanol–water partition coefficient (Wildman–Crippen LogP) is 4.19. The lowest BCUT2D eigenvalue weighted by Crippen LogP contribution is -2.07. The Labute approximate surface area is 125 Å². The second-order valence-corrected chi connectivity index (χ2v) is 5.53. The Bertz CT molecular complexity index is 650. The molecule has 0 saturated heterocycles. The Morgan fingerprint density at radius 2 is 1.95 bits per heavy atom. The summed E-state index contributed by atoms with van der Waals surface area (Å²) in [5, 5.41) is 3.31. The molecule has 1 aliphatic carbocycles. The molecule has 21 heavy (non-hydrogen) atoms. The average molecular weight is 283 g/mol. The monoisotopic (exact) mass is 283 g/mol. The van der Waals surface area contributed by atoms with Crippen LogP contribution in [0.2, 0.25) is 0 Å². The van der Waals surface area contributed by atoms with Crippen LogP contribution >= 0.6 is 0 Å². The van der Waals surface area contributed by atoms with Crippen molar-refractivity contribution in [3.8, 4) is 11.6 Å². The van der Waals surface area contributed by atoms with Crippen LogP contribution in [0.25, 0.3) is 0 Å². The number of hydrogen-bond acceptors (Lipinski definition) is 4. The molecule has 1 aromatic heterocycles. The number of hydrogen-bond donors (Lipinski definition) is 1. The van der Waals surface area contributed by atoms with Gasteiger partial charge in [0.25, 0.3) is 0 Å². The lowest BCUT2D eigenvalue weighted by atomic mass is 10.2. The van der Waals surface area contributed by atoms with Gasteiger partial charge < -0.3 is 10.1 Å². The van der Waals surface area contributed by atoms with Crippen LogP contribution in [0.4, 0.5) is 5.82 Å². The maximum absolute atomic E-state index is 6.05. The van der Waals surface area contributed by atoms with E-state index in [0.29, 0.717) is 11.8 Å². The van der Waals surface area contributed by atoms with Gasteiger partial charge in [-0.2, -0.15) is 4.98 Å². The van der Waals surface area contributed by atoms with E-state index in [4.69, 9.17) is 4.74 Å². The largest absolute Gasteiger partial charge is 0.438 e. The van der Waals surface area contributed by atoms with Crippen LogP contribution in [0.15, 0.2) is 24.3 Å². The topological polar surface area (TPSA) is 47.0 Å². The molecule has 0 aliphatic heterocycles. The summed E-state index contributed by atoms with van der Waals surface area (Å²) >= 11 is 0. The van der Waals surface area contributed by atoms with E-state index in [1.807, 2.05) is 38.1 Å². The highest BCUT2D eigenvalue weighted by Crippen LogP contribution is 2.40. The van der Waals surface area contributed by atoms with Crippen molar-refractivity contribution in [1.29, 1.82) is 0 Å². The lowest BCUT2D eigenvalue weighted by Gasteiger charge is -2.14. The molecule has 0 spiro atoms. The number of rotatable bonds is 5. The molecule has 3 rings (SSSR count). The van der Waals surface area contributed by atoms with E-state index in [-0.39, 0.29) is 0 Å². The molecule has 4 nitrogen and oxygen atoms in total. The molecule has 2 aromatic rings. The molecule has 1 N–H and O–H groups in total. The van der Waals surface area contributed by atoms with E-state index in [1.54, 1.807) is 0 Å². The smallest absolute Gasteiger partial charge is 0.227 e. The third-order valence-electron chi connectivity index (χ3n) is 3.71. The summed E-state index contributed by atoms with van der Waals surface area (Å²) in [5.74, 6) is 3.81. The maximum Gasteiger partial charge on any atom is 0.227 e. The van der Waals surface area contributed by atoms with Gasteiger partial charge >= 0.3 is 0 Å². The molecule has 0 unspecified atom stereocenters. The van der Waals surface area contributed by atoms with Gasteiger partial charge in [0, 0.05) is 12.5 Å². The van der Waals surface area contributed by atoms with Gasteiger partial charge in [-0.1, -0.05) is 18.2 Å². The SMILES string of the molecule is CCNc1nc(C2CC2)nc(Oc2ccccc2C)c1C. The molecule has 1 aromatic carbocycles. The number of ether oxygens (including phenoxy) is 1. The molecule has 110 valence electrons. The first-order valence-corrected chi connectivity index (χ1v) is 7.55. The Hall–Kier alpha value is -2.10. The molecule has 1 fully saturated rings. The van der Waals surface area contributed by atoms with Gasteiger partial charge in [-0.3, -0.25) is 0 Å².